The van der Waals surface area contributed by atoms with Gasteiger partial charge in [-0.1, -0.05) is 435 Å². The van der Waals surface area contributed by atoms with Crippen molar-refractivity contribution in [3.05, 3.63) is 201 Å². The maximum atomic E-state index is 4.18. The van der Waals surface area contributed by atoms with Crippen LogP contribution in [0.3, 0.4) is 0 Å². The van der Waals surface area contributed by atoms with Gasteiger partial charge in [0.2, 0.25) is 0 Å². The van der Waals surface area contributed by atoms with Gasteiger partial charge in [-0.15, -0.1) is 0 Å². The van der Waals surface area contributed by atoms with Crippen molar-refractivity contribution in [1.29, 1.82) is 0 Å². The number of hydrogen-bond donors (Lipinski definition) is 0. The van der Waals surface area contributed by atoms with Gasteiger partial charge in [0.1, 0.15) is 0 Å². The second kappa shape index (κ2) is 121. The van der Waals surface area contributed by atoms with Crippen molar-refractivity contribution in [3.8, 4) is 0 Å². The lowest BCUT2D eigenvalue weighted by Gasteiger charge is -1.91. The van der Waals surface area contributed by atoms with E-state index in [1.165, 1.54) is 32.3 Å². The van der Waals surface area contributed by atoms with Gasteiger partial charge in [0.15, 0.2) is 0 Å². The molecule has 0 radical (unpaired) electrons. The molecule has 0 aliphatic heterocycles. The maximum absolute atomic E-state index is 4.18. The lowest BCUT2D eigenvalue weighted by atomic mass is 10.2. The summed E-state index contributed by atoms with van der Waals surface area (Å²) in [4.78, 5) is 20.2. The van der Waals surface area contributed by atoms with Crippen molar-refractivity contribution in [3.63, 3.8) is 0 Å². The van der Waals surface area contributed by atoms with E-state index in [9.17, 15) is 0 Å². The fraction of sp³-hybridized carbons (Fsp3) is 0.586. The van der Waals surface area contributed by atoms with Crippen molar-refractivity contribution < 1.29 is 0 Å². The Balaban J connectivity index is -0.0000000628. The van der Waals surface area contributed by atoms with Gasteiger partial charge >= 0.3 is 0 Å². The van der Waals surface area contributed by atoms with Gasteiger partial charge in [-0.25, -0.2) is 0 Å². The zero-order valence-corrected chi connectivity index (χ0v) is 79.1. The molecule has 0 aliphatic carbocycles. The molecular formula is C99H187N5. The average molecular weight is 1450 g/mol. The molecule has 0 amide bonds. The molecule has 0 fully saturated rings. The van der Waals surface area contributed by atoms with E-state index in [0.717, 1.165) is 70.2 Å². The zero-order valence-electron chi connectivity index (χ0n) is 79.1. The third-order valence-electron chi connectivity index (χ3n) is 6.69. The van der Waals surface area contributed by atoms with E-state index >= 15 is 0 Å². The fourth-order valence-electron chi connectivity index (χ4n) is 4.40. The number of benzene rings is 4. The normalized spacial score (nSPS) is 8.29. The Bertz CT molecular complexity index is 2000. The number of nitrogens with zero attached hydrogens (tertiary/aromatic N) is 5. The van der Waals surface area contributed by atoms with Crippen molar-refractivity contribution in [2.75, 3.05) is 0 Å². The molecule has 0 aliphatic rings. The quantitative estimate of drug-likeness (QED) is 0.151. The monoisotopic (exact) mass is 1450 g/mol. The first-order chi connectivity index (χ1) is 49.2. The van der Waals surface area contributed by atoms with Crippen LogP contribution in [0, 0.1) is 59.2 Å². The first-order valence-corrected chi connectivity index (χ1v) is 41.2. The van der Waals surface area contributed by atoms with Gasteiger partial charge in [-0.05, 0) is 129 Å². The smallest absolute Gasteiger partial charge is 0.0701 e. The maximum Gasteiger partial charge on any atom is 0.0701 e. The lowest BCUT2D eigenvalue weighted by Crippen LogP contribution is -1.73. The van der Waals surface area contributed by atoms with Crippen LogP contribution in [-0.2, 0) is 0 Å². The fourth-order valence-corrected chi connectivity index (χ4v) is 4.40. The van der Waals surface area contributed by atoms with E-state index in [-0.39, 0.29) is 0 Å². The van der Waals surface area contributed by atoms with E-state index in [1.54, 1.807) is 12.4 Å². The number of para-hydroxylation sites is 2. The van der Waals surface area contributed by atoms with Crippen molar-refractivity contribution in [2.24, 2.45) is 59.2 Å². The van der Waals surface area contributed by atoms with Gasteiger partial charge < -0.3 is 0 Å². The molecule has 0 unspecified atom stereocenters. The van der Waals surface area contributed by atoms with Crippen LogP contribution in [0.15, 0.2) is 201 Å². The molecule has 0 bridgehead atoms. The summed E-state index contributed by atoms with van der Waals surface area (Å²) in [6, 6.07) is 50.3. The summed E-state index contributed by atoms with van der Waals surface area (Å²) in [5.41, 5.74) is 2.12. The summed E-state index contributed by atoms with van der Waals surface area (Å²) in [6.07, 6.45) is 14.5. The number of aromatic nitrogens is 5. The zero-order chi connectivity index (χ0) is 85.3. The standard InChI is InChI=1S/4C9H7N.C5H5N.10C4H10.9C2H6/c2*1-2-6-9-8(4-1)5-3-7-10-9;2*1-2-4-9-7-10-6-5-8(9)3-1;1-2-4-6-5-3-1;10*1-4(2)3;9*1-2/h4*1-7H;1-5H;10*4H,1-3H3;9*1-2H3. The Labute approximate surface area is 657 Å². The van der Waals surface area contributed by atoms with E-state index < -0.39 is 0 Å². The molecule has 0 atom stereocenters. The average Bonchev–Trinajstić information content (AvgIpc) is 0.906. The predicted octanol–water partition coefficient (Wildman–Crippen LogP) is 35.9. The first kappa shape index (κ1) is 134. The molecule has 0 spiro atoms. The van der Waals surface area contributed by atoms with Crippen LogP contribution in [0.2, 0.25) is 0 Å². The summed E-state index contributed by atoms with van der Waals surface area (Å²) < 4.78 is 0. The summed E-state index contributed by atoms with van der Waals surface area (Å²) >= 11 is 0. The molecule has 0 saturated heterocycles. The minimum atomic E-state index is 0.833. The highest BCUT2D eigenvalue weighted by atomic mass is 14.6. The minimum absolute atomic E-state index is 0.833. The molecule has 5 heteroatoms. The molecule has 608 valence electrons. The molecule has 104 heavy (non-hydrogen) atoms. The van der Waals surface area contributed by atoms with Gasteiger partial charge in [0, 0.05) is 60.3 Å². The second-order valence-electron chi connectivity index (χ2n) is 27.2. The Morgan fingerprint density at radius 3 is 0.490 bits per heavy atom. The summed E-state index contributed by atoms with van der Waals surface area (Å²) in [5, 5.41) is 7.29. The van der Waals surface area contributed by atoms with Crippen LogP contribution in [0.25, 0.3) is 43.4 Å². The highest BCUT2D eigenvalue weighted by Crippen LogP contribution is 2.12. The molecule has 0 saturated carbocycles. The van der Waals surface area contributed by atoms with Crippen molar-refractivity contribution in [1.82, 2.24) is 24.9 Å². The van der Waals surface area contributed by atoms with E-state index in [4.69, 9.17) is 0 Å². The highest BCUT2D eigenvalue weighted by molar-refractivity contribution is 5.82. The molecule has 5 heterocycles. The number of pyridine rings is 5. The van der Waals surface area contributed by atoms with Crippen molar-refractivity contribution >= 4 is 43.4 Å². The molecule has 0 N–H and O–H groups in total. The number of fused-ring (bicyclic) bond motifs is 4. The third-order valence-corrected chi connectivity index (χ3v) is 6.69. The van der Waals surface area contributed by atoms with Gasteiger partial charge in [-0.2, -0.15) is 0 Å². The van der Waals surface area contributed by atoms with E-state index in [0.29, 0.717) is 0 Å². The first-order valence-electron chi connectivity index (χ1n) is 41.2. The second-order valence-corrected chi connectivity index (χ2v) is 27.2. The molecule has 9 rings (SSSR count). The predicted molar refractivity (Wildman–Crippen MR) is 498 cm³/mol. The number of hydrogen-bond acceptors (Lipinski definition) is 5. The van der Waals surface area contributed by atoms with Crippen LogP contribution in [0.5, 0.6) is 0 Å². The topological polar surface area (TPSA) is 64.5 Å². The van der Waals surface area contributed by atoms with Crippen LogP contribution in [-0.4, -0.2) is 24.9 Å². The summed E-state index contributed by atoms with van der Waals surface area (Å²) in [6.45, 7) is 101. The Hall–Kier alpha value is -6.33. The molecule has 4 aromatic carbocycles. The summed E-state index contributed by atoms with van der Waals surface area (Å²) in [5.74, 6) is 8.33. The van der Waals surface area contributed by atoms with Crippen LogP contribution in [0.1, 0.15) is 332 Å². The van der Waals surface area contributed by atoms with Crippen LogP contribution >= 0.6 is 0 Å². The number of rotatable bonds is 0. The Morgan fingerprint density at radius 2 is 0.327 bits per heavy atom. The highest BCUT2D eigenvalue weighted by Gasteiger charge is 1.90. The van der Waals surface area contributed by atoms with Gasteiger partial charge in [0.05, 0.1) is 11.0 Å². The third kappa shape index (κ3) is 167. The molecule has 5 nitrogen and oxygen atoms in total. The molecular weight excluding hydrogens is 1260 g/mol. The minimum Gasteiger partial charge on any atom is -0.265 e. The molecule has 9 aromatic rings. The largest absolute Gasteiger partial charge is 0.265 e. The van der Waals surface area contributed by atoms with Crippen molar-refractivity contribution in [2.45, 2.75) is 332 Å². The van der Waals surface area contributed by atoms with E-state index in [1.807, 2.05) is 265 Å². The lowest BCUT2D eigenvalue weighted by molar-refractivity contribution is 0.736. The molecule has 5 aromatic heterocycles. The SMILES string of the molecule is CC.CC.CC.CC.CC.CC.CC.CC.CC.CC(C)C.CC(C)C.CC(C)C.CC(C)C.CC(C)C.CC(C)C.CC(C)C.CC(C)C.CC(C)C.CC(C)C.c1ccc2cnccc2c1.c1ccc2cnccc2c1.c1ccc2ncccc2c1.c1ccc2ncccc2c1.c1ccncc1. The Kier molecular flexibility index (Phi) is 155. The van der Waals surface area contributed by atoms with Gasteiger partial charge in [-0.3, -0.25) is 24.9 Å². The van der Waals surface area contributed by atoms with E-state index in [2.05, 4.69) is 281 Å². The van der Waals surface area contributed by atoms with Gasteiger partial charge in [0.25, 0.3) is 0 Å². The summed E-state index contributed by atoms with van der Waals surface area (Å²) in [7, 11) is 0. The van der Waals surface area contributed by atoms with Crippen LogP contribution in [0.4, 0.5) is 0 Å². The Morgan fingerprint density at radius 1 is 0.154 bits per heavy atom. The van der Waals surface area contributed by atoms with Crippen LogP contribution < -0.4 is 0 Å².